The molecule has 50 heavy (non-hydrogen) atoms. The van der Waals surface area contributed by atoms with Crippen molar-refractivity contribution >= 4 is 49.2 Å². The van der Waals surface area contributed by atoms with Gasteiger partial charge in [0, 0.05) is 26.2 Å². The minimum atomic E-state index is -1.38. The number of hydrogen-bond acceptors (Lipinski definition) is 6. The molecule has 304 valence electrons. The van der Waals surface area contributed by atoms with Crippen LogP contribution in [0.2, 0.25) is 0 Å². The third-order valence-electron chi connectivity index (χ3n) is 5.38. The summed E-state index contributed by atoms with van der Waals surface area (Å²) in [4.78, 5) is 47.3. The van der Waals surface area contributed by atoms with Gasteiger partial charge >= 0.3 is 86.7 Å². The van der Waals surface area contributed by atoms with Gasteiger partial charge in [-0.05, 0) is 34.3 Å². The molecule has 0 aromatic rings. The Morgan fingerprint density at radius 3 is 0.860 bits per heavy atom. The molecular formula is C29H58Cl2N6O11Pt2. The molecule has 2 aliphatic carbocycles. The van der Waals surface area contributed by atoms with Crippen LogP contribution >= 0.6 is 18.8 Å². The molecule has 2 aliphatic rings. The first-order valence-electron chi connectivity index (χ1n) is 15.1. The SMILES string of the molecule is C=C(O)C(=O)O.CCNC(=O)O.CCNC(=O)O.CCNC(=O)O.CCNC(=O)O.[CH2-][C@@H]1CCCC[C@H]1[NH-].[CH2-][C@@H]1CCCC[C@H]1[NH-].[Cl][Pt+2][Cl].[Pt+2]. The van der Waals surface area contributed by atoms with Crippen molar-refractivity contribution in [1.82, 2.24) is 21.3 Å². The van der Waals surface area contributed by atoms with E-state index in [1.165, 1.54) is 38.5 Å². The van der Waals surface area contributed by atoms with Crippen LogP contribution in [0.1, 0.15) is 79.1 Å². The molecule has 12 N–H and O–H groups in total. The molecule has 0 spiro atoms. The Morgan fingerprint density at radius 1 is 0.620 bits per heavy atom. The van der Waals surface area contributed by atoms with Crippen LogP contribution in [0.4, 0.5) is 19.2 Å². The van der Waals surface area contributed by atoms with Crippen LogP contribution in [0.5, 0.6) is 0 Å². The summed E-state index contributed by atoms with van der Waals surface area (Å²) < 4.78 is 0. The van der Waals surface area contributed by atoms with Crippen molar-refractivity contribution in [3.63, 3.8) is 0 Å². The summed E-state index contributed by atoms with van der Waals surface area (Å²) >= 11 is -0.472. The van der Waals surface area contributed by atoms with Gasteiger partial charge in [-0.15, -0.1) is 0 Å². The Balaban J connectivity index is -0.0000000853. The first kappa shape index (κ1) is 63.0. The zero-order valence-electron chi connectivity index (χ0n) is 29.0. The molecule has 0 aromatic carbocycles. The van der Waals surface area contributed by atoms with Gasteiger partial charge in [-0.3, -0.25) is 0 Å². The summed E-state index contributed by atoms with van der Waals surface area (Å²) in [5, 5.41) is 55.2. The van der Waals surface area contributed by atoms with Crippen molar-refractivity contribution in [2.24, 2.45) is 11.8 Å². The number of aliphatic hydroxyl groups excluding tert-OH is 1. The number of nitrogens with one attached hydrogen (secondary N) is 6. The van der Waals surface area contributed by atoms with E-state index in [4.69, 9.17) is 60.9 Å². The number of rotatable bonds is 5. The van der Waals surface area contributed by atoms with Crippen LogP contribution in [0.3, 0.4) is 0 Å². The van der Waals surface area contributed by atoms with E-state index < -0.39 is 52.6 Å². The number of aliphatic carboxylic acids is 1. The van der Waals surface area contributed by atoms with Crippen molar-refractivity contribution in [3.05, 3.63) is 37.7 Å². The molecule has 2 fully saturated rings. The number of halogens is 2. The van der Waals surface area contributed by atoms with Gasteiger partial charge in [0.15, 0.2) is 5.76 Å². The van der Waals surface area contributed by atoms with Gasteiger partial charge < -0.3 is 77.2 Å². The monoisotopic (exact) mass is 1130 g/mol. The third-order valence-corrected chi connectivity index (χ3v) is 5.38. The molecule has 4 atom stereocenters. The minimum absolute atomic E-state index is 0. The van der Waals surface area contributed by atoms with Gasteiger partial charge in [0.1, 0.15) is 0 Å². The molecule has 0 aromatic heterocycles. The number of amides is 4. The minimum Gasteiger partial charge on any atom is 2.00 e. The summed E-state index contributed by atoms with van der Waals surface area (Å²) in [5.74, 6) is -1.36. The molecule has 4 amide bonds. The molecule has 21 heteroatoms. The molecule has 0 heterocycles. The largest absolute Gasteiger partial charge is 2.00 e. The first-order valence-corrected chi connectivity index (χ1v) is 20.8. The Hall–Kier alpha value is -2.03. The predicted octanol–water partition coefficient (Wildman–Crippen LogP) is 7.48. The molecule has 0 unspecified atom stereocenters. The van der Waals surface area contributed by atoms with Crippen LogP contribution in [0.25, 0.3) is 11.5 Å². The number of carboxylic acid groups (broad SMARTS) is 5. The van der Waals surface area contributed by atoms with Gasteiger partial charge in [0.25, 0.3) is 0 Å². The van der Waals surface area contributed by atoms with Gasteiger partial charge in [-0.25, -0.2) is 24.0 Å². The van der Waals surface area contributed by atoms with E-state index in [-0.39, 0.29) is 33.1 Å². The fourth-order valence-electron chi connectivity index (χ4n) is 3.02. The molecule has 2 rings (SSSR count). The quantitative estimate of drug-likeness (QED) is 0.0731. The standard InChI is InChI=1S/2C7H13N.4C3H7NO2.C3H4O3.2ClH.2Pt/c2*1-6-4-2-3-5-7(6)8;4*1-2-4-3(5)6;1-2(4)3(5)6;;;;/h2*6-8H,1-5H2;4*4H,2H2,1H3,(H,5,6);4H,1H2,(H,5,6);2*1H;;/q2*-2;;;;;;;;+2;+4/p-2/t2*6-,7-;;;;;;;;;/m11........./s1. The topological polar surface area (TPSA) is 302 Å². The Kier molecular flexibility index (Phi) is 61.9. The molecular weight excluding hydrogens is 1070 g/mol. The van der Waals surface area contributed by atoms with Crippen LogP contribution in [0.15, 0.2) is 12.3 Å². The maximum Gasteiger partial charge on any atom is 2.00 e. The van der Waals surface area contributed by atoms with Gasteiger partial charge in [-0.2, -0.15) is 23.9 Å². The van der Waals surface area contributed by atoms with Crippen LogP contribution in [-0.4, -0.2) is 99.2 Å². The summed E-state index contributed by atoms with van der Waals surface area (Å²) in [7, 11) is 9.75. The van der Waals surface area contributed by atoms with Gasteiger partial charge in [0.05, 0.1) is 0 Å². The fraction of sp³-hybridized carbons (Fsp3) is 0.690. The Morgan fingerprint density at radius 2 is 0.800 bits per heavy atom. The second kappa shape index (κ2) is 49.1. The Bertz CT molecular complexity index is 727. The zero-order chi connectivity index (χ0) is 39.8. The molecule has 0 aliphatic heterocycles. The van der Waals surface area contributed by atoms with E-state index in [1.54, 1.807) is 27.7 Å². The smallest absolute Gasteiger partial charge is 2.00 e. The Labute approximate surface area is 327 Å². The van der Waals surface area contributed by atoms with Crippen molar-refractivity contribution in [1.29, 1.82) is 0 Å². The predicted molar refractivity (Wildman–Crippen MR) is 189 cm³/mol. The van der Waals surface area contributed by atoms with Crippen LogP contribution in [-0.2, 0) is 42.3 Å². The number of carbonyl (C=O) groups is 5. The van der Waals surface area contributed by atoms with Crippen molar-refractivity contribution in [2.75, 3.05) is 26.2 Å². The maximum absolute atomic E-state index is 9.49. The average molecular weight is 1130 g/mol. The fourth-order valence-corrected chi connectivity index (χ4v) is 3.02. The summed E-state index contributed by atoms with van der Waals surface area (Å²) in [6, 6.07) is 0.285. The molecule has 0 saturated heterocycles. The van der Waals surface area contributed by atoms with E-state index in [9.17, 15) is 24.0 Å². The average Bonchev–Trinajstić information content (AvgIpc) is 2.98. The molecule has 2 saturated carbocycles. The van der Waals surface area contributed by atoms with Crippen molar-refractivity contribution < 1.29 is 92.2 Å². The number of carboxylic acids is 1. The van der Waals surface area contributed by atoms with Crippen LogP contribution < -0.4 is 21.3 Å². The molecule has 0 radical (unpaired) electrons. The second-order valence-electron chi connectivity index (χ2n) is 9.44. The normalized spacial score (nSPS) is 17.6. The second-order valence-corrected chi connectivity index (χ2v) is 12.7. The van der Waals surface area contributed by atoms with Crippen molar-refractivity contribution in [3.8, 4) is 0 Å². The van der Waals surface area contributed by atoms with Gasteiger partial charge in [-0.1, -0.05) is 51.4 Å². The molecule has 17 nitrogen and oxygen atoms in total. The molecule has 0 bridgehead atoms. The number of aliphatic hydroxyl groups is 1. The van der Waals surface area contributed by atoms with E-state index in [1.807, 2.05) is 0 Å². The van der Waals surface area contributed by atoms with Crippen molar-refractivity contribution in [2.45, 2.75) is 91.1 Å². The van der Waals surface area contributed by atoms with E-state index in [0.29, 0.717) is 38.0 Å². The van der Waals surface area contributed by atoms with Crippen LogP contribution in [0, 0.1) is 25.7 Å². The summed E-state index contributed by atoms with van der Waals surface area (Å²) in [5.41, 5.74) is 14.8. The van der Waals surface area contributed by atoms with E-state index in [2.05, 4.69) is 41.7 Å². The summed E-state index contributed by atoms with van der Waals surface area (Å²) in [6.07, 6.45) is 5.75. The third kappa shape index (κ3) is 71.8. The first-order chi connectivity index (χ1) is 22.7. The zero-order valence-corrected chi connectivity index (χ0v) is 35.1. The summed E-state index contributed by atoms with van der Waals surface area (Å²) in [6.45, 7) is 19.3. The maximum atomic E-state index is 9.49. The van der Waals surface area contributed by atoms with Gasteiger partial charge in [0.2, 0.25) is 0 Å². The van der Waals surface area contributed by atoms with E-state index >= 15 is 0 Å². The number of hydrogen-bond donors (Lipinski definition) is 10. The van der Waals surface area contributed by atoms with E-state index in [0.717, 1.165) is 12.8 Å².